The van der Waals surface area contributed by atoms with Crippen molar-refractivity contribution in [2.75, 3.05) is 18.0 Å². The number of rotatable bonds is 5. The molecule has 4 rings (SSSR count). The number of fused-ring (bicyclic) bond motifs is 1. The van der Waals surface area contributed by atoms with Gasteiger partial charge >= 0.3 is 6.18 Å². The molecule has 1 aliphatic heterocycles. The minimum absolute atomic E-state index is 0.127. The van der Waals surface area contributed by atoms with Gasteiger partial charge in [0.05, 0.1) is 22.7 Å². The van der Waals surface area contributed by atoms with Gasteiger partial charge in [0.25, 0.3) is 5.69 Å². The second-order valence-electron chi connectivity index (χ2n) is 7.26. The van der Waals surface area contributed by atoms with Crippen LogP contribution in [-0.4, -0.2) is 33.3 Å². The number of hydrogen-bond donors (Lipinski definition) is 1. The van der Waals surface area contributed by atoms with Crippen molar-refractivity contribution in [3.8, 4) is 0 Å². The predicted molar refractivity (Wildman–Crippen MR) is 108 cm³/mol. The Labute approximate surface area is 178 Å². The molecule has 31 heavy (non-hydrogen) atoms. The van der Waals surface area contributed by atoms with Crippen LogP contribution < -0.4 is 10.2 Å². The number of anilines is 1. The van der Waals surface area contributed by atoms with Crippen LogP contribution in [0.4, 0.5) is 24.5 Å². The fourth-order valence-corrected chi connectivity index (χ4v) is 4.40. The van der Waals surface area contributed by atoms with Gasteiger partial charge in [0.1, 0.15) is 5.69 Å². The lowest BCUT2D eigenvalue weighted by molar-refractivity contribution is -0.384. The summed E-state index contributed by atoms with van der Waals surface area (Å²) in [7, 11) is 0. The monoisotopic (exact) mass is 453 g/mol. The van der Waals surface area contributed by atoms with Crippen molar-refractivity contribution >= 4 is 33.6 Å². The zero-order chi connectivity index (χ0) is 22.2. The van der Waals surface area contributed by atoms with Crippen LogP contribution in [0.5, 0.6) is 0 Å². The number of nitrogens with zero attached hydrogens (tertiary/aromatic N) is 4. The van der Waals surface area contributed by atoms with Gasteiger partial charge in [0, 0.05) is 42.8 Å². The van der Waals surface area contributed by atoms with Crippen molar-refractivity contribution in [2.24, 2.45) is 5.92 Å². The molecule has 8 nitrogen and oxygen atoms in total. The summed E-state index contributed by atoms with van der Waals surface area (Å²) in [5.74, 6) is -0.397. The van der Waals surface area contributed by atoms with Gasteiger partial charge in [-0.1, -0.05) is 0 Å². The molecule has 2 aromatic heterocycles. The second kappa shape index (κ2) is 8.17. The molecule has 1 N–H and O–H groups in total. The molecule has 0 aliphatic carbocycles. The third-order valence-electron chi connectivity index (χ3n) is 5.29. The number of imidazole rings is 1. The van der Waals surface area contributed by atoms with Crippen molar-refractivity contribution in [3.63, 3.8) is 0 Å². The van der Waals surface area contributed by atoms with E-state index in [4.69, 9.17) is 0 Å². The molecule has 0 bridgehead atoms. The molecule has 0 radical (unpaired) electrons. The number of amides is 1. The number of thiazole rings is 1. The van der Waals surface area contributed by atoms with E-state index in [2.05, 4.69) is 10.3 Å². The lowest BCUT2D eigenvalue weighted by Gasteiger charge is -2.32. The molecule has 1 aliphatic rings. The molecule has 0 spiro atoms. The van der Waals surface area contributed by atoms with Crippen molar-refractivity contribution < 1.29 is 22.9 Å². The summed E-state index contributed by atoms with van der Waals surface area (Å²) in [5, 5.41) is 16.1. The zero-order valence-electron chi connectivity index (χ0n) is 16.1. The molecule has 1 fully saturated rings. The molecular formula is C19H18F3N5O3S. The van der Waals surface area contributed by atoms with Crippen LogP contribution in [0.1, 0.15) is 24.1 Å². The van der Waals surface area contributed by atoms with Crippen LogP contribution in [0.15, 0.2) is 36.0 Å². The number of aromatic nitrogens is 2. The summed E-state index contributed by atoms with van der Waals surface area (Å²) in [6.07, 6.45) is -0.0317. The first kappa shape index (κ1) is 21.1. The Balaban J connectivity index is 1.37. The summed E-state index contributed by atoms with van der Waals surface area (Å²) < 4.78 is 40.6. The number of alkyl halides is 3. The number of piperidine rings is 1. The maximum Gasteiger partial charge on any atom is 0.416 e. The summed E-state index contributed by atoms with van der Waals surface area (Å²) in [6.45, 7) is 0.979. The molecule has 3 heterocycles. The Bertz CT molecular complexity index is 1090. The van der Waals surface area contributed by atoms with E-state index in [1.165, 1.54) is 11.3 Å². The van der Waals surface area contributed by atoms with Crippen LogP contribution in [0.2, 0.25) is 0 Å². The number of carbonyl (C=O) groups excluding carboxylic acids is 1. The van der Waals surface area contributed by atoms with E-state index in [0.29, 0.717) is 38.5 Å². The minimum atomic E-state index is -4.65. The second-order valence-corrected chi connectivity index (χ2v) is 8.14. The van der Waals surface area contributed by atoms with Crippen molar-refractivity contribution in [1.29, 1.82) is 0 Å². The van der Waals surface area contributed by atoms with Crippen LogP contribution in [0, 0.1) is 16.0 Å². The Morgan fingerprint density at radius 3 is 2.71 bits per heavy atom. The number of nitrogens with one attached hydrogen (secondary N) is 1. The van der Waals surface area contributed by atoms with Gasteiger partial charge in [-0.25, -0.2) is 4.98 Å². The van der Waals surface area contributed by atoms with Gasteiger partial charge in [-0.2, -0.15) is 13.2 Å². The van der Waals surface area contributed by atoms with E-state index in [1.54, 1.807) is 4.90 Å². The average Bonchev–Trinajstić information content (AvgIpc) is 3.33. The third-order valence-corrected chi connectivity index (χ3v) is 6.06. The maximum absolute atomic E-state index is 12.9. The molecule has 0 unspecified atom stereocenters. The standard InChI is InChI=1S/C19H18F3N5O3S/c20-19(21,22)13-1-2-15(16(9-13)27(29)30)25-5-3-12(4-6-25)17(28)23-10-14-11-26-7-8-31-18(26)24-14/h1-2,7-9,11-12H,3-6,10H2,(H,23,28). The summed E-state index contributed by atoms with van der Waals surface area (Å²) >= 11 is 1.50. The van der Waals surface area contributed by atoms with Crippen molar-refractivity contribution in [1.82, 2.24) is 14.7 Å². The minimum Gasteiger partial charge on any atom is -0.366 e. The van der Waals surface area contributed by atoms with E-state index < -0.39 is 22.4 Å². The van der Waals surface area contributed by atoms with Gasteiger partial charge in [-0.05, 0) is 25.0 Å². The van der Waals surface area contributed by atoms with Crippen LogP contribution >= 0.6 is 11.3 Å². The van der Waals surface area contributed by atoms with Crippen molar-refractivity contribution in [3.05, 3.63) is 57.3 Å². The number of halogens is 3. The fraction of sp³-hybridized carbons (Fsp3) is 0.368. The number of benzene rings is 1. The summed E-state index contributed by atoms with van der Waals surface area (Å²) in [6, 6.07) is 2.53. The topological polar surface area (TPSA) is 92.8 Å². The number of nitro groups is 1. The maximum atomic E-state index is 12.9. The molecule has 12 heteroatoms. The Hall–Kier alpha value is -3.15. The Kier molecular flexibility index (Phi) is 5.56. The van der Waals surface area contributed by atoms with Gasteiger partial charge in [-0.3, -0.25) is 19.3 Å². The number of hydrogen-bond acceptors (Lipinski definition) is 6. The SMILES string of the molecule is O=C(NCc1cn2ccsc2n1)C1CCN(c2ccc(C(F)(F)F)cc2[N+](=O)[O-])CC1. The molecule has 164 valence electrons. The molecular weight excluding hydrogens is 435 g/mol. The quantitative estimate of drug-likeness (QED) is 0.468. The fourth-order valence-electron chi connectivity index (χ4n) is 3.68. The highest BCUT2D eigenvalue weighted by Gasteiger charge is 2.34. The normalized spacial score (nSPS) is 15.4. The average molecular weight is 453 g/mol. The summed E-state index contributed by atoms with van der Waals surface area (Å²) in [4.78, 5) is 29.9. The lowest BCUT2D eigenvalue weighted by Crippen LogP contribution is -2.40. The molecule has 0 atom stereocenters. The Morgan fingerprint density at radius 1 is 1.32 bits per heavy atom. The van der Waals surface area contributed by atoms with Gasteiger partial charge < -0.3 is 10.2 Å². The highest BCUT2D eigenvalue weighted by Crippen LogP contribution is 2.37. The van der Waals surface area contributed by atoms with Crippen LogP contribution in [0.25, 0.3) is 4.96 Å². The predicted octanol–water partition coefficient (Wildman–Crippen LogP) is 3.86. The molecule has 0 saturated carbocycles. The first-order chi connectivity index (χ1) is 14.7. The highest BCUT2D eigenvalue weighted by atomic mass is 32.1. The van der Waals surface area contributed by atoms with Gasteiger partial charge in [0.15, 0.2) is 4.96 Å². The largest absolute Gasteiger partial charge is 0.416 e. The number of nitro benzene ring substituents is 1. The van der Waals surface area contributed by atoms with Crippen molar-refractivity contribution in [2.45, 2.75) is 25.6 Å². The first-order valence-electron chi connectivity index (χ1n) is 9.52. The molecule has 1 amide bonds. The first-order valence-corrected chi connectivity index (χ1v) is 10.4. The van der Waals surface area contributed by atoms with E-state index >= 15 is 0 Å². The molecule has 3 aromatic rings. The van der Waals surface area contributed by atoms with Crippen LogP contribution in [0.3, 0.4) is 0 Å². The van der Waals surface area contributed by atoms with E-state index in [0.717, 1.165) is 22.8 Å². The van der Waals surface area contributed by atoms with Gasteiger partial charge in [-0.15, -0.1) is 11.3 Å². The third kappa shape index (κ3) is 4.48. The van der Waals surface area contributed by atoms with Gasteiger partial charge in [0.2, 0.25) is 5.91 Å². The number of carbonyl (C=O) groups is 1. The lowest BCUT2D eigenvalue weighted by atomic mass is 9.95. The van der Waals surface area contributed by atoms with E-state index in [9.17, 15) is 28.1 Å². The smallest absolute Gasteiger partial charge is 0.366 e. The summed E-state index contributed by atoms with van der Waals surface area (Å²) in [5.41, 5.74) is -0.762. The molecule has 1 aromatic carbocycles. The van der Waals surface area contributed by atoms with Crippen LogP contribution in [-0.2, 0) is 17.5 Å². The van der Waals surface area contributed by atoms with E-state index in [1.807, 2.05) is 22.2 Å². The zero-order valence-corrected chi connectivity index (χ0v) is 16.9. The molecule has 1 saturated heterocycles. The van der Waals surface area contributed by atoms with E-state index in [-0.39, 0.29) is 17.5 Å². The highest BCUT2D eigenvalue weighted by molar-refractivity contribution is 7.15. The Morgan fingerprint density at radius 2 is 2.06 bits per heavy atom.